The molecule has 8 nitrogen and oxygen atoms in total. The number of amides is 3. The van der Waals surface area contributed by atoms with Crippen molar-refractivity contribution in [2.45, 2.75) is 13.5 Å². The van der Waals surface area contributed by atoms with Crippen LogP contribution < -0.4 is 10.6 Å². The maximum atomic E-state index is 11.3. The molecule has 0 fully saturated rings. The number of carboxylic acid groups (broad SMARTS) is 1. The molecule has 0 bridgehead atoms. The number of nitrogens with zero attached hydrogens (tertiary/aromatic N) is 2. The minimum Gasteiger partial charge on any atom is -0.478 e. The van der Waals surface area contributed by atoms with E-state index in [4.69, 9.17) is 5.11 Å². The fraction of sp³-hybridized carbons (Fsp3) is 0.273. The summed E-state index contributed by atoms with van der Waals surface area (Å²) in [6, 6.07) is -0.705. The zero-order chi connectivity index (χ0) is 14.4. The van der Waals surface area contributed by atoms with Crippen molar-refractivity contribution < 1.29 is 19.5 Å². The number of carboxylic acids is 1. The standard InChI is InChI=1S/C11H14N4O4/c1-7-8(6-15(2)14-7)5-12-11(19)13-9(16)3-4-10(17)18/h3-4,6H,5H2,1-2H3,(H,17,18)(H2,12,13,16,19)/b4-3+. The van der Waals surface area contributed by atoms with Crippen molar-refractivity contribution in [1.29, 1.82) is 0 Å². The zero-order valence-corrected chi connectivity index (χ0v) is 10.5. The lowest BCUT2D eigenvalue weighted by atomic mass is 10.3. The monoisotopic (exact) mass is 266 g/mol. The molecule has 0 saturated heterocycles. The highest BCUT2D eigenvalue weighted by Crippen LogP contribution is 2.03. The van der Waals surface area contributed by atoms with E-state index in [1.807, 2.05) is 5.32 Å². The van der Waals surface area contributed by atoms with E-state index in [0.29, 0.717) is 6.08 Å². The summed E-state index contributed by atoms with van der Waals surface area (Å²) in [5.74, 6) is -2.07. The Balaban J connectivity index is 2.42. The Morgan fingerprint density at radius 2 is 2.11 bits per heavy atom. The summed E-state index contributed by atoms with van der Waals surface area (Å²) in [6.07, 6.45) is 3.16. The van der Waals surface area contributed by atoms with Crippen LogP contribution in [0, 0.1) is 6.92 Å². The first kappa shape index (κ1) is 14.4. The van der Waals surface area contributed by atoms with Crippen molar-refractivity contribution in [3.05, 3.63) is 29.6 Å². The first-order chi connectivity index (χ1) is 8.88. The first-order valence-corrected chi connectivity index (χ1v) is 5.37. The van der Waals surface area contributed by atoms with Crippen LogP contribution in [0.2, 0.25) is 0 Å². The molecular weight excluding hydrogens is 252 g/mol. The molecule has 1 heterocycles. The van der Waals surface area contributed by atoms with Crippen molar-refractivity contribution >= 4 is 17.9 Å². The molecule has 1 aromatic heterocycles. The van der Waals surface area contributed by atoms with Gasteiger partial charge in [0.25, 0.3) is 5.91 Å². The lowest BCUT2D eigenvalue weighted by Crippen LogP contribution is -2.38. The van der Waals surface area contributed by atoms with Crippen molar-refractivity contribution in [3.8, 4) is 0 Å². The molecule has 3 N–H and O–H groups in total. The summed E-state index contributed by atoms with van der Waals surface area (Å²) >= 11 is 0. The highest BCUT2D eigenvalue weighted by Gasteiger charge is 2.07. The molecule has 0 aromatic carbocycles. The molecule has 0 radical (unpaired) electrons. The van der Waals surface area contributed by atoms with Gasteiger partial charge in [0.2, 0.25) is 0 Å². The van der Waals surface area contributed by atoms with Gasteiger partial charge in [0.15, 0.2) is 0 Å². The molecule has 0 spiro atoms. The van der Waals surface area contributed by atoms with Crippen LogP contribution in [0.5, 0.6) is 0 Å². The molecule has 0 atom stereocenters. The number of aliphatic carboxylic acids is 1. The van der Waals surface area contributed by atoms with Gasteiger partial charge in [-0.2, -0.15) is 5.10 Å². The van der Waals surface area contributed by atoms with Crippen LogP contribution in [0.1, 0.15) is 11.3 Å². The molecule has 0 aliphatic rings. The molecule has 3 amide bonds. The summed E-state index contributed by atoms with van der Waals surface area (Å²) < 4.78 is 1.62. The minimum atomic E-state index is -1.26. The van der Waals surface area contributed by atoms with Crippen LogP contribution in [0.25, 0.3) is 0 Å². The van der Waals surface area contributed by atoms with E-state index in [9.17, 15) is 14.4 Å². The predicted molar refractivity (Wildman–Crippen MR) is 65.1 cm³/mol. The third-order valence-electron chi connectivity index (χ3n) is 2.17. The average Bonchev–Trinajstić information content (AvgIpc) is 2.62. The van der Waals surface area contributed by atoms with E-state index in [1.54, 1.807) is 24.9 Å². The normalized spacial score (nSPS) is 10.4. The molecule has 0 aliphatic carbocycles. The summed E-state index contributed by atoms with van der Waals surface area (Å²) in [6.45, 7) is 2.02. The summed E-state index contributed by atoms with van der Waals surface area (Å²) in [5.41, 5.74) is 1.60. The van der Waals surface area contributed by atoms with Crippen LogP contribution in [-0.2, 0) is 23.2 Å². The second-order valence-electron chi connectivity index (χ2n) is 3.76. The van der Waals surface area contributed by atoms with Crippen LogP contribution >= 0.6 is 0 Å². The Bertz CT molecular complexity index is 533. The maximum absolute atomic E-state index is 11.3. The van der Waals surface area contributed by atoms with Crippen LogP contribution in [0.15, 0.2) is 18.3 Å². The van der Waals surface area contributed by atoms with E-state index in [-0.39, 0.29) is 6.54 Å². The van der Waals surface area contributed by atoms with E-state index >= 15 is 0 Å². The number of urea groups is 1. The predicted octanol–water partition coefficient (Wildman–Crippen LogP) is -0.305. The number of aryl methyl sites for hydroxylation is 2. The van der Waals surface area contributed by atoms with Gasteiger partial charge in [-0.05, 0) is 6.92 Å². The van der Waals surface area contributed by atoms with E-state index < -0.39 is 17.9 Å². The van der Waals surface area contributed by atoms with E-state index in [2.05, 4.69) is 10.4 Å². The molecule has 1 aromatic rings. The van der Waals surface area contributed by atoms with Crippen LogP contribution in [0.3, 0.4) is 0 Å². The van der Waals surface area contributed by atoms with Gasteiger partial charge in [-0.1, -0.05) is 0 Å². The van der Waals surface area contributed by atoms with Gasteiger partial charge in [-0.15, -0.1) is 0 Å². The van der Waals surface area contributed by atoms with Crippen molar-refractivity contribution in [3.63, 3.8) is 0 Å². The van der Waals surface area contributed by atoms with Crippen molar-refractivity contribution in [1.82, 2.24) is 20.4 Å². The third-order valence-corrected chi connectivity index (χ3v) is 2.17. The highest BCUT2D eigenvalue weighted by atomic mass is 16.4. The summed E-state index contributed by atoms with van der Waals surface area (Å²) in [7, 11) is 1.76. The van der Waals surface area contributed by atoms with Gasteiger partial charge in [0.05, 0.1) is 5.69 Å². The fourth-order valence-electron chi connectivity index (χ4n) is 1.34. The lowest BCUT2D eigenvalue weighted by Gasteiger charge is -2.03. The molecule has 102 valence electrons. The SMILES string of the molecule is Cc1nn(C)cc1CNC(=O)NC(=O)/C=C/C(=O)O. The molecule has 0 aliphatic heterocycles. The number of hydrogen-bond acceptors (Lipinski definition) is 4. The Hall–Kier alpha value is -2.64. The Morgan fingerprint density at radius 3 is 2.63 bits per heavy atom. The fourth-order valence-corrected chi connectivity index (χ4v) is 1.34. The smallest absolute Gasteiger partial charge is 0.328 e. The molecule has 8 heteroatoms. The number of carbonyl (C=O) groups is 3. The average molecular weight is 266 g/mol. The maximum Gasteiger partial charge on any atom is 0.328 e. The van der Waals surface area contributed by atoms with Crippen molar-refractivity contribution in [2.75, 3.05) is 0 Å². The number of carbonyl (C=O) groups excluding carboxylic acids is 2. The zero-order valence-electron chi connectivity index (χ0n) is 10.5. The molecule has 0 saturated carbocycles. The Kier molecular flexibility index (Phi) is 4.81. The Labute approximate surface area is 109 Å². The number of hydrogen-bond donors (Lipinski definition) is 3. The van der Waals surface area contributed by atoms with Gasteiger partial charge in [-0.25, -0.2) is 9.59 Å². The lowest BCUT2D eigenvalue weighted by molar-refractivity contribution is -0.131. The number of aromatic nitrogens is 2. The quantitative estimate of drug-likeness (QED) is 0.647. The van der Waals surface area contributed by atoms with Gasteiger partial charge < -0.3 is 10.4 Å². The molecule has 0 unspecified atom stereocenters. The second kappa shape index (κ2) is 6.34. The van der Waals surface area contributed by atoms with Gasteiger partial charge in [-0.3, -0.25) is 14.8 Å². The molecule has 19 heavy (non-hydrogen) atoms. The van der Waals surface area contributed by atoms with Gasteiger partial charge >= 0.3 is 12.0 Å². The molecular formula is C11H14N4O4. The van der Waals surface area contributed by atoms with Crippen LogP contribution in [0.4, 0.5) is 4.79 Å². The highest BCUT2D eigenvalue weighted by molar-refractivity contribution is 6.02. The van der Waals surface area contributed by atoms with Gasteiger partial charge in [0.1, 0.15) is 0 Å². The largest absolute Gasteiger partial charge is 0.478 e. The summed E-state index contributed by atoms with van der Waals surface area (Å²) in [5, 5.41) is 16.8. The molecule has 1 rings (SSSR count). The number of nitrogens with one attached hydrogen (secondary N) is 2. The van der Waals surface area contributed by atoms with Gasteiger partial charge in [0, 0.05) is 37.5 Å². The van der Waals surface area contributed by atoms with Crippen LogP contribution in [-0.4, -0.2) is 32.8 Å². The summed E-state index contributed by atoms with van der Waals surface area (Å²) in [4.78, 5) is 32.6. The third kappa shape index (κ3) is 5.02. The number of imide groups is 1. The van der Waals surface area contributed by atoms with E-state index in [0.717, 1.165) is 17.3 Å². The topological polar surface area (TPSA) is 113 Å². The Morgan fingerprint density at radius 1 is 1.42 bits per heavy atom. The second-order valence-corrected chi connectivity index (χ2v) is 3.76. The number of rotatable bonds is 4. The first-order valence-electron chi connectivity index (χ1n) is 5.37. The van der Waals surface area contributed by atoms with E-state index in [1.165, 1.54) is 0 Å². The minimum absolute atomic E-state index is 0.224. The van der Waals surface area contributed by atoms with Crippen molar-refractivity contribution in [2.24, 2.45) is 7.05 Å².